The molecular formula is C20H19N7O. The fourth-order valence-electron chi connectivity index (χ4n) is 2.99. The van der Waals surface area contributed by atoms with Crippen LogP contribution in [-0.2, 0) is 0 Å². The third kappa shape index (κ3) is 3.57. The summed E-state index contributed by atoms with van der Waals surface area (Å²) in [6.45, 7) is 4.64. The van der Waals surface area contributed by atoms with Crippen LogP contribution < -0.4 is 10.9 Å². The molecule has 0 aliphatic heterocycles. The highest BCUT2D eigenvalue weighted by Gasteiger charge is 2.13. The van der Waals surface area contributed by atoms with E-state index in [0.29, 0.717) is 17.6 Å². The molecule has 0 saturated carbocycles. The molecule has 0 bridgehead atoms. The molecule has 28 heavy (non-hydrogen) atoms. The number of anilines is 1. The van der Waals surface area contributed by atoms with Crippen LogP contribution in [0, 0.1) is 6.92 Å². The van der Waals surface area contributed by atoms with Gasteiger partial charge in [-0.25, -0.2) is 19.9 Å². The molecule has 0 saturated heterocycles. The van der Waals surface area contributed by atoms with Crippen molar-refractivity contribution >= 4 is 16.9 Å². The summed E-state index contributed by atoms with van der Waals surface area (Å²) in [6, 6.07) is 7.73. The lowest BCUT2D eigenvalue weighted by atomic mass is 10.0. The van der Waals surface area contributed by atoms with E-state index in [2.05, 4.69) is 42.1 Å². The molecule has 0 fully saturated rings. The van der Waals surface area contributed by atoms with Gasteiger partial charge in [-0.1, -0.05) is 6.92 Å². The smallest absolute Gasteiger partial charge is 0.277 e. The second-order valence-electron chi connectivity index (χ2n) is 6.59. The quantitative estimate of drug-likeness (QED) is 0.553. The van der Waals surface area contributed by atoms with Crippen molar-refractivity contribution in [3.05, 3.63) is 70.9 Å². The maximum absolute atomic E-state index is 11.9. The summed E-state index contributed by atoms with van der Waals surface area (Å²) in [5.41, 5.74) is 4.40. The summed E-state index contributed by atoms with van der Waals surface area (Å²) in [5.74, 6) is 0.820. The lowest BCUT2D eigenvalue weighted by molar-refractivity contribution is 0.803. The molecule has 8 heteroatoms. The van der Waals surface area contributed by atoms with Gasteiger partial charge in [0.05, 0.1) is 17.5 Å². The summed E-state index contributed by atoms with van der Waals surface area (Å²) < 4.78 is 0. The Hall–Kier alpha value is -3.68. The van der Waals surface area contributed by atoms with Gasteiger partial charge < -0.3 is 10.3 Å². The minimum atomic E-state index is -0.237. The van der Waals surface area contributed by atoms with Crippen LogP contribution >= 0.6 is 0 Å². The Balaban J connectivity index is 1.54. The second-order valence-corrected chi connectivity index (χ2v) is 6.59. The summed E-state index contributed by atoms with van der Waals surface area (Å²) in [6.07, 6.45) is 6.38. The standard InChI is InChI=1S/C20H19N7O/c1-12(15-5-6-21-19-18(15)26-11-27-20(19)28)8-23-17-7-16(24-10-25-17)14-4-3-13(2)22-9-14/h3-7,9-12H,8H2,1-2H3,(H,23,24,25)(H,26,27,28). The van der Waals surface area contributed by atoms with E-state index in [9.17, 15) is 4.79 Å². The fourth-order valence-corrected chi connectivity index (χ4v) is 2.99. The van der Waals surface area contributed by atoms with Gasteiger partial charge >= 0.3 is 0 Å². The zero-order valence-electron chi connectivity index (χ0n) is 15.5. The van der Waals surface area contributed by atoms with E-state index in [-0.39, 0.29) is 11.5 Å². The fraction of sp³-hybridized carbons (Fsp3) is 0.200. The molecular weight excluding hydrogens is 354 g/mol. The number of fused-ring (bicyclic) bond motifs is 1. The predicted molar refractivity (Wildman–Crippen MR) is 107 cm³/mol. The van der Waals surface area contributed by atoms with Gasteiger partial charge in [-0.2, -0.15) is 0 Å². The molecule has 140 valence electrons. The van der Waals surface area contributed by atoms with Crippen LogP contribution in [-0.4, -0.2) is 36.4 Å². The second kappa shape index (κ2) is 7.51. The van der Waals surface area contributed by atoms with Crippen LogP contribution in [0.4, 0.5) is 5.82 Å². The molecule has 0 aliphatic carbocycles. The molecule has 4 heterocycles. The van der Waals surface area contributed by atoms with Crippen molar-refractivity contribution in [1.29, 1.82) is 0 Å². The van der Waals surface area contributed by atoms with Gasteiger partial charge in [0.1, 0.15) is 12.1 Å². The highest BCUT2D eigenvalue weighted by Crippen LogP contribution is 2.22. The van der Waals surface area contributed by atoms with E-state index >= 15 is 0 Å². The molecule has 4 aromatic heterocycles. The molecule has 1 unspecified atom stereocenters. The summed E-state index contributed by atoms with van der Waals surface area (Å²) in [4.78, 5) is 35.9. The molecule has 4 aromatic rings. The average Bonchev–Trinajstić information content (AvgIpc) is 2.73. The number of aryl methyl sites for hydroxylation is 1. The van der Waals surface area contributed by atoms with Gasteiger partial charge in [0.15, 0.2) is 5.52 Å². The SMILES string of the molecule is Cc1ccc(-c2cc(NCC(C)c3ccnc4c(=O)[nH]cnc34)ncn2)cn1. The number of hydrogen-bond acceptors (Lipinski definition) is 7. The van der Waals surface area contributed by atoms with E-state index < -0.39 is 0 Å². The summed E-state index contributed by atoms with van der Waals surface area (Å²) >= 11 is 0. The van der Waals surface area contributed by atoms with Crippen molar-refractivity contribution in [3.8, 4) is 11.3 Å². The molecule has 0 amide bonds. The van der Waals surface area contributed by atoms with Crippen LogP contribution in [0.15, 0.2) is 54.1 Å². The van der Waals surface area contributed by atoms with E-state index in [1.807, 2.05) is 31.2 Å². The van der Waals surface area contributed by atoms with Crippen molar-refractivity contribution in [2.24, 2.45) is 0 Å². The number of hydrogen-bond donors (Lipinski definition) is 2. The molecule has 2 N–H and O–H groups in total. The maximum atomic E-state index is 11.9. The van der Waals surface area contributed by atoms with E-state index in [1.54, 1.807) is 12.4 Å². The zero-order chi connectivity index (χ0) is 19.5. The number of aromatic nitrogens is 6. The number of nitrogens with zero attached hydrogens (tertiary/aromatic N) is 5. The Bertz CT molecular complexity index is 1170. The third-order valence-corrected chi connectivity index (χ3v) is 4.55. The predicted octanol–water partition coefficient (Wildman–Crippen LogP) is 2.69. The number of nitrogens with one attached hydrogen (secondary N) is 2. The molecule has 8 nitrogen and oxygen atoms in total. The highest BCUT2D eigenvalue weighted by atomic mass is 16.1. The van der Waals surface area contributed by atoms with Gasteiger partial charge in [0, 0.05) is 42.2 Å². The van der Waals surface area contributed by atoms with Crippen LogP contribution in [0.5, 0.6) is 0 Å². The number of rotatable bonds is 5. The average molecular weight is 373 g/mol. The zero-order valence-corrected chi connectivity index (χ0v) is 15.5. The third-order valence-electron chi connectivity index (χ3n) is 4.55. The maximum Gasteiger partial charge on any atom is 0.277 e. The van der Waals surface area contributed by atoms with Crippen molar-refractivity contribution in [3.63, 3.8) is 0 Å². The van der Waals surface area contributed by atoms with Gasteiger partial charge in [-0.15, -0.1) is 0 Å². The minimum Gasteiger partial charge on any atom is -0.369 e. The van der Waals surface area contributed by atoms with Crippen molar-refractivity contribution < 1.29 is 0 Å². The highest BCUT2D eigenvalue weighted by molar-refractivity contribution is 5.76. The lowest BCUT2D eigenvalue weighted by Gasteiger charge is -2.15. The van der Waals surface area contributed by atoms with E-state index in [4.69, 9.17) is 0 Å². The first-order valence-corrected chi connectivity index (χ1v) is 8.93. The molecule has 0 radical (unpaired) electrons. The minimum absolute atomic E-state index is 0.0965. The molecule has 0 aliphatic rings. The normalized spacial score (nSPS) is 12.1. The van der Waals surface area contributed by atoms with Crippen LogP contribution in [0.1, 0.15) is 24.1 Å². The summed E-state index contributed by atoms with van der Waals surface area (Å²) in [7, 11) is 0. The van der Waals surface area contributed by atoms with Crippen molar-refractivity contribution in [1.82, 2.24) is 29.9 Å². The van der Waals surface area contributed by atoms with Gasteiger partial charge in [0.25, 0.3) is 5.56 Å². The van der Waals surface area contributed by atoms with Crippen molar-refractivity contribution in [2.45, 2.75) is 19.8 Å². The van der Waals surface area contributed by atoms with E-state index in [0.717, 1.165) is 28.3 Å². The van der Waals surface area contributed by atoms with Crippen LogP contribution in [0.3, 0.4) is 0 Å². The van der Waals surface area contributed by atoms with Gasteiger partial charge in [-0.3, -0.25) is 9.78 Å². The largest absolute Gasteiger partial charge is 0.369 e. The molecule has 0 spiro atoms. The Labute approximate surface area is 161 Å². The Morgan fingerprint density at radius 3 is 2.79 bits per heavy atom. The topological polar surface area (TPSA) is 109 Å². The lowest BCUT2D eigenvalue weighted by Crippen LogP contribution is -2.14. The first kappa shape index (κ1) is 17.7. The number of aromatic amines is 1. The Kier molecular flexibility index (Phi) is 4.76. The number of H-pyrrole nitrogens is 1. The number of pyridine rings is 2. The Morgan fingerprint density at radius 1 is 1.07 bits per heavy atom. The van der Waals surface area contributed by atoms with Crippen LogP contribution in [0.2, 0.25) is 0 Å². The van der Waals surface area contributed by atoms with Crippen molar-refractivity contribution in [2.75, 3.05) is 11.9 Å². The molecule has 0 aromatic carbocycles. The van der Waals surface area contributed by atoms with Gasteiger partial charge in [-0.05, 0) is 30.7 Å². The summed E-state index contributed by atoms with van der Waals surface area (Å²) in [5, 5.41) is 3.34. The molecule has 1 atom stereocenters. The van der Waals surface area contributed by atoms with Gasteiger partial charge in [0.2, 0.25) is 0 Å². The Morgan fingerprint density at radius 2 is 1.96 bits per heavy atom. The van der Waals surface area contributed by atoms with E-state index in [1.165, 1.54) is 12.7 Å². The molecule has 4 rings (SSSR count). The monoisotopic (exact) mass is 373 g/mol. The first-order chi connectivity index (χ1) is 13.6. The first-order valence-electron chi connectivity index (χ1n) is 8.93. The van der Waals surface area contributed by atoms with Crippen LogP contribution in [0.25, 0.3) is 22.3 Å².